The Kier molecular flexibility index (Phi) is 7.19. The zero-order valence-electron chi connectivity index (χ0n) is 16.0. The molecular formula is C23H29N2O2+. The van der Waals surface area contributed by atoms with Crippen LogP contribution >= 0.6 is 0 Å². The molecule has 0 spiro atoms. The molecule has 27 heavy (non-hydrogen) atoms. The summed E-state index contributed by atoms with van der Waals surface area (Å²) in [5, 5.41) is 3.01. The molecule has 0 aromatic heterocycles. The minimum Gasteiger partial charge on any atom is -0.370 e. The highest BCUT2D eigenvalue weighted by molar-refractivity contribution is 5.91. The topological polar surface area (TPSA) is 42.8 Å². The highest BCUT2D eigenvalue weighted by atomic mass is 16.5. The van der Waals surface area contributed by atoms with E-state index in [9.17, 15) is 4.79 Å². The Bertz CT molecular complexity index is 762. The van der Waals surface area contributed by atoms with Crippen molar-refractivity contribution >= 4 is 12.0 Å². The van der Waals surface area contributed by atoms with Gasteiger partial charge in [-0.1, -0.05) is 55.5 Å². The lowest BCUT2D eigenvalue weighted by molar-refractivity contribution is -0.921. The number of benzene rings is 2. The average molecular weight is 365 g/mol. The van der Waals surface area contributed by atoms with Crippen LogP contribution < -0.4 is 10.2 Å². The predicted octanol–water partition coefficient (Wildman–Crippen LogP) is 1.99. The molecule has 142 valence electrons. The molecule has 1 heterocycles. The summed E-state index contributed by atoms with van der Waals surface area (Å²) in [6, 6.07) is 16.7. The highest BCUT2D eigenvalue weighted by Gasteiger charge is 2.15. The molecule has 0 atom stereocenters. The number of quaternary nitrogens is 1. The number of carbonyl (C=O) groups excluding carboxylic acids is 1. The predicted molar refractivity (Wildman–Crippen MR) is 108 cm³/mol. The van der Waals surface area contributed by atoms with Crippen molar-refractivity contribution in [2.45, 2.75) is 26.4 Å². The van der Waals surface area contributed by atoms with Gasteiger partial charge in [0.1, 0.15) is 19.6 Å². The number of carbonyl (C=O) groups is 1. The summed E-state index contributed by atoms with van der Waals surface area (Å²) in [7, 11) is 0. The molecule has 3 rings (SSSR count). The van der Waals surface area contributed by atoms with Crippen LogP contribution in [0.1, 0.15) is 29.2 Å². The van der Waals surface area contributed by atoms with E-state index in [0.29, 0.717) is 6.54 Å². The molecule has 0 unspecified atom stereocenters. The maximum absolute atomic E-state index is 12.2. The highest BCUT2D eigenvalue weighted by Crippen LogP contribution is 2.09. The summed E-state index contributed by atoms with van der Waals surface area (Å²) >= 11 is 0. The van der Waals surface area contributed by atoms with E-state index in [1.807, 2.05) is 24.3 Å². The molecule has 4 nitrogen and oxygen atoms in total. The number of morpholine rings is 1. The minimum atomic E-state index is -0.0666. The van der Waals surface area contributed by atoms with Crippen LogP contribution in [0.15, 0.2) is 54.6 Å². The van der Waals surface area contributed by atoms with E-state index >= 15 is 0 Å². The number of hydrogen-bond donors (Lipinski definition) is 2. The fourth-order valence-corrected chi connectivity index (χ4v) is 3.29. The lowest BCUT2D eigenvalue weighted by Gasteiger charge is -2.24. The number of ether oxygens (including phenoxy) is 1. The van der Waals surface area contributed by atoms with E-state index in [-0.39, 0.29) is 5.91 Å². The third kappa shape index (κ3) is 6.05. The molecule has 0 saturated carbocycles. The summed E-state index contributed by atoms with van der Waals surface area (Å²) in [5.41, 5.74) is 4.83. The molecule has 2 N–H and O–H groups in total. The summed E-state index contributed by atoms with van der Waals surface area (Å²) < 4.78 is 5.44. The van der Waals surface area contributed by atoms with E-state index in [1.165, 1.54) is 21.6 Å². The molecule has 1 fully saturated rings. The Balaban J connectivity index is 1.54. The third-order valence-electron chi connectivity index (χ3n) is 5.03. The van der Waals surface area contributed by atoms with Gasteiger partial charge < -0.3 is 15.0 Å². The number of aryl methyl sites for hydroxylation is 1. The number of rotatable bonds is 7. The molecule has 2 aromatic rings. The third-order valence-corrected chi connectivity index (χ3v) is 5.03. The van der Waals surface area contributed by atoms with Crippen LogP contribution in [0.5, 0.6) is 0 Å². The number of hydrogen-bond acceptors (Lipinski definition) is 2. The van der Waals surface area contributed by atoms with E-state index < -0.39 is 0 Å². The molecule has 2 aromatic carbocycles. The van der Waals surface area contributed by atoms with E-state index in [2.05, 4.69) is 42.6 Å². The van der Waals surface area contributed by atoms with Gasteiger partial charge in [0.2, 0.25) is 5.91 Å². The van der Waals surface area contributed by atoms with Gasteiger partial charge in [-0.2, -0.15) is 0 Å². The van der Waals surface area contributed by atoms with Crippen molar-refractivity contribution in [2.75, 3.05) is 26.3 Å². The van der Waals surface area contributed by atoms with Crippen LogP contribution in [0.3, 0.4) is 0 Å². The van der Waals surface area contributed by atoms with Crippen LogP contribution in [0.25, 0.3) is 6.08 Å². The van der Waals surface area contributed by atoms with Gasteiger partial charge in [0.25, 0.3) is 0 Å². The van der Waals surface area contributed by atoms with Crippen LogP contribution in [0.4, 0.5) is 0 Å². The normalized spacial score (nSPS) is 15.1. The van der Waals surface area contributed by atoms with Crippen molar-refractivity contribution < 1.29 is 14.4 Å². The molecular weight excluding hydrogens is 336 g/mol. The maximum Gasteiger partial charge on any atom is 0.244 e. The molecule has 0 radical (unpaired) electrons. The zero-order valence-corrected chi connectivity index (χ0v) is 16.0. The van der Waals surface area contributed by atoms with Crippen LogP contribution in [0, 0.1) is 0 Å². The smallest absolute Gasteiger partial charge is 0.244 e. The van der Waals surface area contributed by atoms with Crippen molar-refractivity contribution in [2.24, 2.45) is 0 Å². The van der Waals surface area contributed by atoms with Crippen LogP contribution in [-0.2, 0) is 29.0 Å². The van der Waals surface area contributed by atoms with Crippen molar-refractivity contribution in [1.82, 2.24) is 5.32 Å². The fourth-order valence-electron chi connectivity index (χ4n) is 3.29. The Labute approximate surface area is 161 Å². The Morgan fingerprint density at radius 2 is 1.78 bits per heavy atom. The summed E-state index contributed by atoms with van der Waals surface area (Å²) in [6.45, 7) is 7.42. The van der Waals surface area contributed by atoms with Crippen molar-refractivity contribution in [3.8, 4) is 0 Å². The lowest BCUT2D eigenvalue weighted by Crippen LogP contribution is -3.12. The second kappa shape index (κ2) is 10.0. The maximum atomic E-state index is 12.2. The van der Waals surface area contributed by atoms with Gasteiger partial charge in [0.15, 0.2) is 0 Å². The molecule has 1 aliphatic heterocycles. The molecule has 4 heteroatoms. The quantitative estimate of drug-likeness (QED) is 0.737. The summed E-state index contributed by atoms with van der Waals surface area (Å²) in [5.74, 6) is -0.0666. The van der Waals surface area contributed by atoms with Gasteiger partial charge in [0, 0.05) is 18.2 Å². The second-order valence-corrected chi connectivity index (χ2v) is 6.95. The fraction of sp³-hybridized carbons (Fsp3) is 0.348. The first-order chi connectivity index (χ1) is 13.2. The summed E-state index contributed by atoms with van der Waals surface area (Å²) in [6.07, 6.45) is 4.49. The first-order valence-corrected chi connectivity index (χ1v) is 9.77. The minimum absolute atomic E-state index is 0.0666. The van der Waals surface area contributed by atoms with Gasteiger partial charge in [0.05, 0.1) is 13.2 Å². The average Bonchev–Trinajstić information content (AvgIpc) is 2.73. The first-order valence-electron chi connectivity index (χ1n) is 9.77. The van der Waals surface area contributed by atoms with Crippen molar-refractivity contribution in [1.29, 1.82) is 0 Å². The van der Waals surface area contributed by atoms with E-state index in [0.717, 1.165) is 44.8 Å². The van der Waals surface area contributed by atoms with Gasteiger partial charge in [-0.3, -0.25) is 4.79 Å². The van der Waals surface area contributed by atoms with Gasteiger partial charge in [-0.25, -0.2) is 0 Å². The monoisotopic (exact) mass is 365 g/mol. The van der Waals surface area contributed by atoms with Crippen molar-refractivity contribution in [3.63, 3.8) is 0 Å². The molecule has 0 aliphatic carbocycles. The molecule has 1 saturated heterocycles. The summed E-state index contributed by atoms with van der Waals surface area (Å²) in [4.78, 5) is 13.7. The van der Waals surface area contributed by atoms with E-state index in [1.54, 1.807) is 6.08 Å². The number of amides is 1. The zero-order chi connectivity index (χ0) is 18.9. The first kappa shape index (κ1) is 19.3. The van der Waals surface area contributed by atoms with Gasteiger partial charge in [-0.05, 0) is 29.2 Å². The lowest BCUT2D eigenvalue weighted by atomic mass is 10.1. The Morgan fingerprint density at radius 3 is 2.48 bits per heavy atom. The molecule has 1 aliphatic rings. The standard InChI is InChI=1S/C23H28N2O2/c1-2-19-7-9-20(10-8-19)11-12-23(26)24-17-21-5-3-4-6-22(21)18-25-13-15-27-16-14-25/h3-12H,2,13-18H2,1H3,(H,24,26)/p+1/b12-11+. The Hall–Kier alpha value is -2.43. The Morgan fingerprint density at radius 1 is 1.07 bits per heavy atom. The van der Waals surface area contributed by atoms with Crippen LogP contribution in [0.2, 0.25) is 0 Å². The number of nitrogens with one attached hydrogen (secondary N) is 2. The van der Waals surface area contributed by atoms with Gasteiger partial charge >= 0.3 is 0 Å². The van der Waals surface area contributed by atoms with Gasteiger partial charge in [-0.15, -0.1) is 0 Å². The largest absolute Gasteiger partial charge is 0.370 e. The molecule has 0 bridgehead atoms. The van der Waals surface area contributed by atoms with Crippen molar-refractivity contribution in [3.05, 3.63) is 76.9 Å². The van der Waals surface area contributed by atoms with E-state index in [4.69, 9.17) is 4.74 Å². The molecule has 1 amide bonds. The van der Waals surface area contributed by atoms with Crippen LogP contribution in [-0.4, -0.2) is 32.2 Å². The second-order valence-electron chi connectivity index (χ2n) is 6.95. The SMILES string of the molecule is CCc1ccc(/C=C/C(=O)NCc2ccccc2C[NH+]2CCOCC2)cc1.